The number of esters is 1. The SMILES string of the molecule is COc1cc(OC)c(C(=O)OCC(=O)NCC2CCCO2)cc1OC. The molecule has 1 aromatic carbocycles. The Morgan fingerprint density at radius 1 is 1.12 bits per heavy atom. The summed E-state index contributed by atoms with van der Waals surface area (Å²) in [6.07, 6.45) is 1.95. The molecular formula is C17H23NO7. The Morgan fingerprint density at radius 3 is 2.40 bits per heavy atom. The Labute approximate surface area is 146 Å². The lowest BCUT2D eigenvalue weighted by Crippen LogP contribution is -2.34. The Morgan fingerprint density at radius 2 is 1.80 bits per heavy atom. The number of carbonyl (C=O) groups is 2. The third kappa shape index (κ3) is 4.99. The van der Waals surface area contributed by atoms with Crippen LogP contribution in [0.25, 0.3) is 0 Å². The molecule has 1 amide bonds. The number of ether oxygens (including phenoxy) is 5. The lowest BCUT2D eigenvalue weighted by atomic mass is 10.1. The van der Waals surface area contributed by atoms with Crippen molar-refractivity contribution < 1.29 is 33.3 Å². The molecule has 1 fully saturated rings. The zero-order valence-electron chi connectivity index (χ0n) is 14.6. The minimum Gasteiger partial charge on any atom is -0.496 e. The van der Waals surface area contributed by atoms with E-state index in [1.165, 1.54) is 33.5 Å². The molecule has 1 atom stereocenters. The van der Waals surface area contributed by atoms with Gasteiger partial charge in [0.15, 0.2) is 18.1 Å². The number of hydrogen-bond donors (Lipinski definition) is 1. The summed E-state index contributed by atoms with van der Waals surface area (Å²) in [6.45, 7) is 0.744. The molecule has 138 valence electrons. The molecule has 0 bridgehead atoms. The van der Waals surface area contributed by atoms with Crippen molar-refractivity contribution >= 4 is 11.9 Å². The van der Waals surface area contributed by atoms with Gasteiger partial charge in [-0.1, -0.05) is 0 Å². The van der Waals surface area contributed by atoms with E-state index >= 15 is 0 Å². The Balaban J connectivity index is 1.93. The van der Waals surface area contributed by atoms with Crippen LogP contribution in [-0.2, 0) is 14.3 Å². The van der Waals surface area contributed by atoms with Crippen molar-refractivity contribution in [1.82, 2.24) is 5.32 Å². The Kier molecular flexibility index (Phi) is 6.88. The number of nitrogens with one attached hydrogen (secondary N) is 1. The first-order valence-corrected chi connectivity index (χ1v) is 7.94. The highest BCUT2D eigenvalue weighted by Crippen LogP contribution is 2.34. The van der Waals surface area contributed by atoms with Gasteiger partial charge in [-0.2, -0.15) is 0 Å². The van der Waals surface area contributed by atoms with Crippen molar-refractivity contribution in [2.75, 3.05) is 41.1 Å². The average Bonchev–Trinajstić information content (AvgIpc) is 3.16. The molecule has 1 aliphatic heterocycles. The van der Waals surface area contributed by atoms with Crippen molar-refractivity contribution in [3.63, 3.8) is 0 Å². The highest BCUT2D eigenvalue weighted by Gasteiger charge is 2.20. The standard InChI is InChI=1S/C17H23NO7/c1-21-13-8-15(23-3)14(22-2)7-12(13)17(20)25-10-16(19)18-9-11-5-4-6-24-11/h7-8,11H,4-6,9-10H2,1-3H3,(H,18,19). The van der Waals surface area contributed by atoms with Gasteiger partial charge < -0.3 is 29.0 Å². The molecular weight excluding hydrogens is 330 g/mol. The molecule has 8 heteroatoms. The predicted octanol–water partition coefficient (Wildman–Crippen LogP) is 1.16. The minimum atomic E-state index is -0.690. The van der Waals surface area contributed by atoms with Gasteiger partial charge in [-0.25, -0.2) is 4.79 Å². The van der Waals surface area contributed by atoms with Crippen LogP contribution >= 0.6 is 0 Å². The van der Waals surface area contributed by atoms with Gasteiger partial charge in [0, 0.05) is 25.3 Å². The number of amides is 1. The molecule has 1 saturated heterocycles. The molecule has 0 spiro atoms. The van der Waals surface area contributed by atoms with Crippen molar-refractivity contribution in [2.45, 2.75) is 18.9 Å². The first kappa shape index (κ1) is 18.9. The van der Waals surface area contributed by atoms with Crippen molar-refractivity contribution in [2.24, 2.45) is 0 Å². The molecule has 1 aromatic rings. The predicted molar refractivity (Wildman–Crippen MR) is 88.4 cm³/mol. The van der Waals surface area contributed by atoms with Gasteiger partial charge in [0.05, 0.1) is 27.4 Å². The van der Waals surface area contributed by atoms with Crippen LogP contribution in [0.3, 0.4) is 0 Å². The van der Waals surface area contributed by atoms with Crippen LogP contribution in [0.15, 0.2) is 12.1 Å². The smallest absolute Gasteiger partial charge is 0.342 e. The van der Waals surface area contributed by atoms with Crippen LogP contribution in [0, 0.1) is 0 Å². The van der Waals surface area contributed by atoms with E-state index in [2.05, 4.69) is 5.32 Å². The van der Waals surface area contributed by atoms with E-state index in [1.54, 1.807) is 0 Å². The summed E-state index contributed by atoms with van der Waals surface area (Å²) in [5.74, 6) is -0.0286. The summed E-state index contributed by atoms with van der Waals surface area (Å²) in [5.41, 5.74) is 0.145. The first-order valence-electron chi connectivity index (χ1n) is 7.94. The summed E-state index contributed by atoms with van der Waals surface area (Å²) in [7, 11) is 4.36. The van der Waals surface area contributed by atoms with E-state index in [0.717, 1.165) is 12.8 Å². The fourth-order valence-corrected chi connectivity index (χ4v) is 2.48. The van der Waals surface area contributed by atoms with Crippen LogP contribution in [0.4, 0.5) is 0 Å². The maximum Gasteiger partial charge on any atom is 0.342 e. The van der Waals surface area contributed by atoms with E-state index in [-0.39, 0.29) is 29.9 Å². The average molecular weight is 353 g/mol. The number of carbonyl (C=O) groups excluding carboxylic acids is 2. The second-order valence-electron chi connectivity index (χ2n) is 5.42. The van der Waals surface area contributed by atoms with Gasteiger partial charge in [0.25, 0.3) is 5.91 Å². The Bertz CT molecular complexity index is 611. The van der Waals surface area contributed by atoms with Crippen LogP contribution in [0.5, 0.6) is 17.2 Å². The number of hydrogen-bond acceptors (Lipinski definition) is 7. The largest absolute Gasteiger partial charge is 0.496 e. The van der Waals surface area contributed by atoms with E-state index < -0.39 is 5.97 Å². The molecule has 0 aromatic heterocycles. The van der Waals surface area contributed by atoms with Crippen LogP contribution in [-0.4, -0.2) is 59.1 Å². The van der Waals surface area contributed by atoms with Gasteiger partial charge in [0.1, 0.15) is 11.3 Å². The summed E-state index contributed by atoms with van der Waals surface area (Å²) in [5, 5.41) is 2.68. The van der Waals surface area contributed by atoms with Crippen molar-refractivity contribution in [3.05, 3.63) is 17.7 Å². The summed E-state index contributed by atoms with van der Waals surface area (Å²) >= 11 is 0. The zero-order chi connectivity index (χ0) is 18.2. The zero-order valence-corrected chi connectivity index (χ0v) is 14.6. The molecule has 0 saturated carbocycles. The lowest BCUT2D eigenvalue weighted by Gasteiger charge is -2.14. The topological polar surface area (TPSA) is 92.3 Å². The first-order chi connectivity index (χ1) is 12.1. The van der Waals surface area contributed by atoms with Crippen molar-refractivity contribution in [3.8, 4) is 17.2 Å². The molecule has 0 aliphatic carbocycles. The van der Waals surface area contributed by atoms with Crippen molar-refractivity contribution in [1.29, 1.82) is 0 Å². The van der Waals surface area contributed by atoms with Crippen LogP contribution < -0.4 is 19.5 Å². The number of rotatable bonds is 8. The highest BCUT2D eigenvalue weighted by atomic mass is 16.5. The summed E-state index contributed by atoms with van der Waals surface area (Å²) in [4.78, 5) is 24.0. The minimum absolute atomic E-state index is 0.0330. The second kappa shape index (κ2) is 9.12. The molecule has 0 radical (unpaired) electrons. The van der Waals surface area contributed by atoms with E-state index in [9.17, 15) is 9.59 Å². The van der Waals surface area contributed by atoms with Gasteiger partial charge in [-0.15, -0.1) is 0 Å². The summed E-state index contributed by atoms with van der Waals surface area (Å²) in [6, 6.07) is 2.97. The molecule has 8 nitrogen and oxygen atoms in total. The second-order valence-corrected chi connectivity index (χ2v) is 5.42. The summed E-state index contributed by atoms with van der Waals surface area (Å²) < 4.78 is 26.0. The molecule has 1 unspecified atom stereocenters. The molecule has 1 N–H and O–H groups in total. The third-order valence-electron chi connectivity index (χ3n) is 3.81. The maximum atomic E-state index is 12.3. The van der Waals surface area contributed by atoms with Gasteiger partial charge in [0.2, 0.25) is 0 Å². The van der Waals surface area contributed by atoms with E-state index in [1.807, 2.05) is 0 Å². The number of methoxy groups -OCH3 is 3. The van der Waals surface area contributed by atoms with E-state index in [0.29, 0.717) is 24.7 Å². The molecule has 2 rings (SSSR count). The van der Waals surface area contributed by atoms with Gasteiger partial charge >= 0.3 is 5.97 Å². The Hall–Kier alpha value is -2.48. The van der Waals surface area contributed by atoms with Gasteiger partial charge in [-0.3, -0.25) is 4.79 Å². The fraction of sp³-hybridized carbons (Fsp3) is 0.529. The quantitative estimate of drug-likeness (QED) is 0.701. The van der Waals surface area contributed by atoms with Gasteiger partial charge in [-0.05, 0) is 12.8 Å². The maximum absolute atomic E-state index is 12.3. The fourth-order valence-electron chi connectivity index (χ4n) is 2.48. The highest BCUT2D eigenvalue weighted by molar-refractivity contribution is 5.95. The van der Waals surface area contributed by atoms with Crippen LogP contribution in [0.2, 0.25) is 0 Å². The molecule has 1 heterocycles. The molecule has 1 aliphatic rings. The third-order valence-corrected chi connectivity index (χ3v) is 3.81. The monoisotopic (exact) mass is 353 g/mol. The lowest BCUT2D eigenvalue weighted by molar-refractivity contribution is -0.124. The van der Waals surface area contributed by atoms with E-state index in [4.69, 9.17) is 23.7 Å². The number of benzene rings is 1. The van der Waals surface area contributed by atoms with Crippen LogP contribution in [0.1, 0.15) is 23.2 Å². The molecule has 25 heavy (non-hydrogen) atoms. The normalized spacial score (nSPS) is 16.2.